The van der Waals surface area contributed by atoms with Crippen molar-refractivity contribution in [1.29, 1.82) is 0 Å². The number of unbranched alkanes of at least 4 members (excludes halogenated alkanes) is 3. The van der Waals surface area contributed by atoms with E-state index in [1.54, 1.807) is 80.1 Å². The third-order valence-electron chi connectivity index (χ3n) is 8.96. The lowest BCUT2D eigenvalue weighted by atomic mass is 9.95. The molecular weight excluding hydrogens is 700 g/mol. The van der Waals surface area contributed by atoms with Crippen LogP contribution in [0.1, 0.15) is 59.6 Å². The van der Waals surface area contributed by atoms with Gasteiger partial charge in [-0.1, -0.05) is 30.8 Å². The Kier molecular flexibility index (Phi) is 15.4. The average molecular weight is 745 g/mol. The van der Waals surface area contributed by atoms with Crippen LogP contribution in [-0.2, 0) is 49.6 Å². The number of fused-ring (bicyclic) bond motifs is 1. The molecule has 5 unspecified atom stereocenters. The molecule has 286 valence electrons. The van der Waals surface area contributed by atoms with Crippen LogP contribution in [0.25, 0.3) is 0 Å². The predicted octanol–water partition coefficient (Wildman–Crippen LogP) is 5.39. The second kappa shape index (κ2) is 20.8. The Labute approximate surface area is 313 Å². The molecule has 0 amide bonds. The molecule has 0 bridgehead atoms. The lowest BCUT2D eigenvalue weighted by molar-refractivity contribution is -0.270. The summed E-state index contributed by atoms with van der Waals surface area (Å²) in [4.78, 5) is 39.8. The number of carbonyl (C=O) groups excluding carboxylic acids is 3. The molecule has 2 aliphatic rings. The van der Waals surface area contributed by atoms with E-state index in [-0.39, 0.29) is 31.5 Å². The van der Waals surface area contributed by atoms with E-state index < -0.39 is 24.0 Å². The summed E-state index contributed by atoms with van der Waals surface area (Å²) in [6, 6.07) is 19.3. The van der Waals surface area contributed by atoms with Gasteiger partial charge in [0.05, 0.1) is 38.9 Å². The van der Waals surface area contributed by atoms with E-state index in [2.05, 4.69) is 16.8 Å². The van der Waals surface area contributed by atoms with Gasteiger partial charge >= 0.3 is 11.9 Å². The summed E-state index contributed by atoms with van der Waals surface area (Å²) in [6.45, 7) is 5.15. The second-order valence-corrected chi connectivity index (χ2v) is 12.5. The van der Waals surface area contributed by atoms with Crippen LogP contribution in [0.3, 0.4) is 0 Å². The highest BCUT2D eigenvalue weighted by molar-refractivity contribution is 5.83. The van der Waals surface area contributed by atoms with Crippen LogP contribution < -0.4 is 9.47 Å². The zero-order valence-electron chi connectivity index (χ0n) is 30.0. The number of esters is 2. The van der Waals surface area contributed by atoms with Crippen molar-refractivity contribution in [1.82, 2.24) is 0 Å². The van der Waals surface area contributed by atoms with Crippen LogP contribution in [0.5, 0.6) is 11.5 Å². The monoisotopic (exact) mass is 744 g/mol. The van der Waals surface area contributed by atoms with Gasteiger partial charge in [-0.3, -0.25) is 14.8 Å². The van der Waals surface area contributed by atoms with Crippen LogP contribution in [0.15, 0.2) is 89.6 Å². The summed E-state index contributed by atoms with van der Waals surface area (Å²) < 4.78 is 38.3. The number of hydrogen-bond donors (Lipinski definition) is 1. The molecule has 2 saturated heterocycles. The van der Waals surface area contributed by atoms with E-state index in [4.69, 9.17) is 38.0 Å². The van der Waals surface area contributed by atoms with Gasteiger partial charge < -0.3 is 33.2 Å². The summed E-state index contributed by atoms with van der Waals surface area (Å²) >= 11 is 0. The van der Waals surface area contributed by atoms with Gasteiger partial charge in [0.15, 0.2) is 0 Å². The van der Waals surface area contributed by atoms with Crippen molar-refractivity contribution in [3.05, 3.63) is 107 Å². The van der Waals surface area contributed by atoms with Crippen molar-refractivity contribution in [3.63, 3.8) is 0 Å². The van der Waals surface area contributed by atoms with Crippen LogP contribution in [0.2, 0.25) is 0 Å². The van der Waals surface area contributed by atoms with Crippen LogP contribution in [-0.4, -0.2) is 87.9 Å². The molecule has 1 N–H and O–H groups in total. The minimum atomic E-state index is -0.867. The van der Waals surface area contributed by atoms with Crippen molar-refractivity contribution >= 4 is 30.8 Å². The molecule has 0 spiro atoms. The number of hydrogen-bond acceptors (Lipinski definition) is 14. The Bertz CT molecular complexity index is 1740. The van der Waals surface area contributed by atoms with Gasteiger partial charge in [-0.05, 0) is 96.0 Å². The second-order valence-electron chi connectivity index (χ2n) is 12.5. The quantitative estimate of drug-likeness (QED) is 0.0216. The molecule has 0 aromatic heterocycles. The molecule has 0 saturated carbocycles. The van der Waals surface area contributed by atoms with E-state index in [1.807, 2.05) is 0 Å². The fraction of sp³-hybridized carbons (Fsp3) is 0.375. The summed E-state index contributed by atoms with van der Waals surface area (Å²) in [6.07, 6.45) is 5.99. The molecule has 2 fully saturated rings. The summed E-state index contributed by atoms with van der Waals surface area (Å²) in [7, 11) is 1.59. The smallest absolute Gasteiger partial charge is 0.330 e. The molecular formula is C40H44N2O12. The lowest BCUT2D eigenvalue weighted by Gasteiger charge is -2.19. The Morgan fingerprint density at radius 2 is 1.57 bits per heavy atom. The highest BCUT2D eigenvalue weighted by atomic mass is 17.1. The van der Waals surface area contributed by atoms with Gasteiger partial charge in [0, 0.05) is 13.2 Å². The van der Waals surface area contributed by atoms with Gasteiger partial charge in [-0.15, -0.1) is 0 Å². The fourth-order valence-corrected chi connectivity index (χ4v) is 6.11. The van der Waals surface area contributed by atoms with Crippen molar-refractivity contribution in [2.75, 3.05) is 33.5 Å². The molecule has 14 nitrogen and oxygen atoms in total. The van der Waals surface area contributed by atoms with Gasteiger partial charge in [0.25, 0.3) is 6.47 Å². The maximum atomic E-state index is 12.8. The molecule has 3 aromatic carbocycles. The Morgan fingerprint density at radius 3 is 2.28 bits per heavy atom. The minimum Gasteiger partial charge on any atom is -0.494 e. The Hall–Kier alpha value is -5.25. The summed E-state index contributed by atoms with van der Waals surface area (Å²) in [5, 5.41) is 18.2. The molecule has 2 aliphatic heterocycles. The normalized spacial score (nSPS) is 19.7. The highest BCUT2D eigenvalue weighted by Gasteiger charge is 2.51. The zero-order chi connectivity index (χ0) is 38.1. The van der Waals surface area contributed by atoms with Crippen LogP contribution >= 0.6 is 0 Å². The molecule has 2 heterocycles. The number of nitrogens with zero attached hydrogens (tertiary/aromatic N) is 2. The summed E-state index contributed by atoms with van der Waals surface area (Å²) in [5.41, 5.74) is 3.23. The Morgan fingerprint density at radius 1 is 0.889 bits per heavy atom. The molecule has 0 radical (unpaired) electrons. The SMILES string of the molecule is C=CC(=O)OCCCCCCOc1ccc(C(OO)c2ccc(/C=N\N=C/c3ccc(OC(=O)C4COC5C(OC)COC45)cc3)cc2COC=O)cc1. The first-order valence-electron chi connectivity index (χ1n) is 17.6. The zero-order valence-corrected chi connectivity index (χ0v) is 30.0. The molecule has 3 aromatic rings. The first-order valence-corrected chi connectivity index (χ1v) is 17.6. The van der Waals surface area contributed by atoms with Crippen molar-refractivity contribution in [3.8, 4) is 11.5 Å². The molecule has 14 heteroatoms. The maximum absolute atomic E-state index is 12.8. The third kappa shape index (κ3) is 11.1. The molecule has 5 rings (SSSR count). The van der Waals surface area contributed by atoms with Gasteiger partial charge in [0.1, 0.15) is 48.4 Å². The standard InChI is InChI=1S/C40H44N2O12/c1-3-36(44)50-19-7-5-4-6-18-49-31-15-11-29(12-16-31)37(54-46)33-17-10-28(20-30(33)23-48-26-43)22-42-41-21-27-8-13-32(14-9-27)53-40(45)34-24-51-39-35(47-2)25-52-38(34)39/h3,8-17,20-22,26,34-35,37-39,46H,1,4-7,18-19,23-25H2,2H3/b41-21-,42-22-. The Balaban J connectivity index is 1.12. The van der Waals surface area contributed by atoms with Gasteiger partial charge in [-0.25, -0.2) is 9.68 Å². The van der Waals surface area contributed by atoms with Crippen molar-refractivity contribution < 1.29 is 57.7 Å². The minimum absolute atomic E-state index is 0.0614. The van der Waals surface area contributed by atoms with Crippen molar-refractivity contribution in [2.45, 2.75) is 56.7 Å². The number of methoxy groups -OCH3 is 1. The first-order chi connectivity index (χ1) is 26.4. The van der Waals surface area contributed by atoms with Crippen LogP contribution in [0, 0.1) is 5.92 Å². The van der Waals surface area contributed by atoms with E-state index in [1.165, 1.54) is 6.21 Å². The van der Waals surface area contributed by atoms with Gasteiger partial charge in [-0.2, -0.15) is 10.2 Å². The fourth-order valence-electron chi connectivity index (χ4n) is 6.11. The van der Waals surface area contributed by atoms with E-state index in [0.717, 1.165) is 37.3 Å². The first kappa shape index (κ1) is 39.9. The number of benzene rings is 3. The molecule has 0 aliphatic carbocycles. The van der Waals surface area contributed by atoms with Crippen LogP contribution in [0.4, 0.5) is 0 Å². The van der Waals surface area contributed by atoms with Gasteiger partial charge in [0.2, 0.25) is 0 Å². The molecule has 54 heavy (non-hydrogen) atoms. The van der Waals surface area contributed by atoms with Crippen molar-refractivity contribution in [2.24, 2.45) is 16.1 Å². The average Bonchev–Trinajstić information content (AvgIpc) is 3.81. The highest BCUT2D eigenvalue weighted by Crippen LogP contribution is 2.34. The largest absolute Gasteiger partial charge is 0.494 e. The maximum Gasteiger partial charge on any atom is 0.330 e. The number of carbonyl (C=O) groups is 3. The lowest BCUT2D eigenvalue weighted by Crippen LogP contribution is -2.34. The van der Waals surface area contributed by atoms with E-state index >= 15 is 0 Å². The third-order valence-corrected chi connectivity index (χ3v) is 8.96. The molecule has 5 atom stereocenters. The number of rotatable bonds is 21. The van der Waals surface area contributed by atoms with E-state index in [9.17, 15) is 19.6 Å². The summed E-state index contributed by atoms with van der Waals surface area (Å²) in [5.74, 6) is -0.308. The van der Waals surface area contributed by atoms with E-state index in [0.29, 0.717) is 60.0 Å². The number of ether oxygens (including phenoxy) is 7. The topological polar surface area (TPSA) is 170 Å². The predicted molar refractivity (Wildman–Crippen MR) is 195 cm³/mol.